The van der Waals surface area contributed by atoms with Gasteiger partial charge in [-0.3, -0.25) is 9.59 Å². The van der Waals surface area contributed by atoms with Gasteiger partial charge in [0.25, 0.3) is 0 Å². The molecule has 1 atom stereocenters. The van der Waals surface area contributed by atoms with Crippen LogP contribution in [0.4, 0.5) is 0 Å². The summed E-state index contributed by atoms with van der Waals surface area (Å²) >= 11 is 1.23. The topological polar surface area (TPSA) is 86.7 Å². The van der Waals surface area contributed by atoms with Crippen molar-refractivity contribution in [3.8, 4) is 11.3 Å². The lowest BCUT2D eigenvalue weighted by Gasteiger charge is -2.04. The van der Waals surface area contributed by atoms with E-state index in [9.17, 15) is 9.59 Å². The third kappa shape index (κ3) is 4.49. The van der Waals surface area contributed by atoms with Crippen LogP contribution in [0, 0.1) is 0 Å². The van der Waals surface area contributed by atoms with Crippen LogP contribution in [0.1, 0.15) is 22.3 Å². The number of nitrogens with zero attached hydrogens (tertiary/aromatic N) is 2. The number of para-hydroxylation sites is 1. The summed E-state index contributed by atoms with van der Waals surface area (Å²) in [5.74, 6) is -0.297. The first-order valence-electron chi connectivity index (χ1n) is 10.5. The van der Waals surface area contributed by atoms with E-state index in [1.807, 2.05) is 72.8 Å². The van der Waals surface area contributed by atoms with E-state index in [1.54, 1.807) is 18.3 Å². The summed E-state index contributed by atoms with van der Waals surface area (Å²) in [5.41, 5.74) is 4.53. The highest BCUT2D eigenvalue weighted by Crippen LogP contribution is 2.29. The molecule has 5 rings (SSSR count). The van der Waals surface area contributed by atoms with Crippen molar-refractivity contribution in [2.75, 3.05) is 0 Å². The summed E-state index contributed by atoms with van der Waals surface area (Å²) in [7, 11) is 0. The number of nitrogens with one attached hydrogen (secondary N) is 2. The van der Waals surface area contributed by atoms with Gasteiger partial charge in [0.15, 0.2) is 11.0 Å². The molecule has 1 aliphatic rings. The molecule has 1 aromatic heterocycles. The van der Waals surface area contributed by atoms with Crippen molar-refractivity contribution in [3.05, 3.63) is 96.1 Å². The van der Waals surface area contributed by atoms with E-state index in [2.05, 4.69) is 20.5 Å². The van der Waals surface area contributed by atoms with Crippen molar-refractivity contribution >= 4 is 45.7 Å². The molecule has 0 saturated carbocycles. The molecule has 0 unspecified atom stereocenters. The summed E-state index contributed by atoms with van der Waals surface area (Å²) < 4.78 is 0. The van der Waals surface area contributed by atoms with Crippen molar-refractivity contribution in [1.82, 2.24) is 10.3 Å². The fraction of sp³-hybridized carbons (Fsp3) is 0.0769. The van der Waals surface area contributed by atoms with Gasteiger partial charge in [-0.25, -0.2) is 0 Å². The molecule has 1 aliphatic heterocycles. The minimum absolute atomic E-state index is 0.0701. The van der Waals surface area contributed by atoms with Crippen LogP contribution in [-0.2, 0) is 4.79 Å². The van der Waals surface area contributed by atoms with Crippen molar-refractivity contribution < 1.29 is 9.59 Å². The van der Waals surface area contributed by atoms with E-state index in [0.717, 1.165) is 27.7 Å². The lowest BCUT2D eigenvalue weighted by atomic mass is 10.1. The fourth-order valence-electron chi connectivity index (χ4n) is 3.77. The zero-order valence-electron chi connectivity index (χ0n) is 17.6. The van der Waals surface area contributed by atoms with Crippen molar-refractivity contribution in [1.29, 1.82) is 0 Å². The number of Topliss-reactive ketones (excluding diaryl/α,β-unsaturated/α-hetero) is 1. The molecule has 7 heteroatoms. The lowest BCUT2D eigenvalue weighted by Crippen LogP contribution is -2.26. The largest absolute Gasteiger partial charge is 0.354 e. The molecule has 2 heterocycles. The Hall–Kier alpha value is -3.97. The Kier molecular flexibility index (Phi) is 5.87. The number of ketones is 1. The van der Waals surface area contributed by atoms with Crippen LogP contribution in [0.2, 0.25) is 0 Å². The molecule has 0 spiro atoms. The predicted octanol–water partition coefficient (Wildman–Crippen LogP) is 5.03. The van der Waals surface area contributed by atoms with Gasteiger partial charge in [0.2, 0.25) is 5.91 Å². The fourth-order valence-corrected chi connectivity index (χ4v) is 4.69. The molecule has 3 aromatic carbocycles. The normalized spacial score (nSPS) is 17.2. The summed E-state index contributed by atoms with van der Waals surface area (Å²) in [6.07, 6.45) is 1.81. The molecule has 33 heavy (non-hydrogen) atoms. The molecule has 162 valence electrons. The van der Waals surface area contributed by atoms with Crippen molar-refractivity contribution in [3.63, 3.8) is 0 Å². The van der Waals surface area contributed by atoms with Crippen LogP contribution in [0.25, 0.3) is 22.2 Å². The lowest BCUT2D eigenvalue weighted by molar-refractivity contribution is -0.118. The van der Waals surface area contributed by atoms with E-state index >= 15 is 0 Å². The maximum Gasteiger partial charge on any atom is 0.240 e. The van der Waals surface area contributed by atoms with E-state index in [0.29, 0.717) is 10.7 Å². The second-order valence-electron chi connectivity index (χ2n) is 7.56. The Bertz CT molecular complexity index is 1380. The highest BCUT2D eigenvalue weighted by molar-refractivity contribution is 8.15. The quantitative estimate of drug-likeness (QED) is 0.244. The standard InChI is InChI=1S/C26H20N4O2S/c31-22(17-9-3-1-4-10-17)15-23-25(32)29-26(33-23)30-27-16-20-19-13-7-8-14-21(19)28-24(20)18-11-5-2-6-12-18/h1-14,16,23,28H,15H2,(H,29,30,32)/b27-16-/t23-/m1/s1. The van der Waals surface area contributed by atoms with Gasteiger partial charge in [0, 0.05) is 28.5 Å². The third-order valence-electron chi connectivity index (χ3n) is 5.39. The highest BCUT2D eigenvalue weighted by Gasteiger charge is 2.32. The maximum atomic E-state index is 12.5. The van der Waals surface area contributed by atoms with Crippen LogP contribution in [0.15, 0.2) is 95.1 Å². The molecule has 0 bridgehead atoms. The SMILES string of the molecule is O=C(C[C@H]1S/C(=N\N=C/c2c(-c3ccccc3)[nH]c3ccccc23)NC1=O)c1ccccc1. The van der Waals surface area contributed by atoms with E-state index < -0.39 is 5.25 Å². The zero-order valence-corrected chi connectivity index (χ0v) is 18.4. The maximum absolute atomic E-state index is 12.5. The number of carbonyl (C=O) groups is 2. The molecule has 0 aliphatic carbocycles. The summed E-state index contributed by atoms with van der Waals surface area (Å²) in [6.45, 7) is 0. The molecule has 1 amide bonds. The van der Waals surface area contributed by atoms with Gasteiger partial charge in [0.1, 0.15) is 0 Å². The summed E-state index contributed by atoms with van der Waals surface area (Å²) in [5, 5.41) is 12.1. The summed E-state index contributed by atoms with van der Waals surface area (Å²) in [6, 6.07) is 27.0. The van der Waals surface area contributed by atoms with Gasteiger partial charge < -0.3 is 10.3 Å². The molecular weight excluding hydrogens is 432 g/mol. The first-order chi connectivity index (χ1) is 16.2. The minimum atomic E-state index is -0.514. The van der Waals surface area contributed by atoms with Gasteiger partial charge >= 0.3 is 0 Å². The van der Waals surface area contributed by atoms with Crippen molar-refractivity contribution in [2.45, 2.75) is 11.7 Å². The smallest absolute Gasteiger partial charge is 0.240 e. The Morgan fingerprint density at radius 1 is 0.939 bits per heavy atom. The molecule has 1 fully saturated rings. The number of benzene rings is 3. The van der Waals surface area contributed by atoms with Gasteiger partial charge in [-0.1, -0.05) is 90.6 Å². The minimum Gasteiger partial charge on any atom is -0.354 e. The first-order valence-corrected chi connectivity index (χ1v) is 11.4. The highest BCUT2D eigenvalue weighted by atomic mass is 32.2. The van der Waals surface area contributed by atoms with Crippen LogP contribution >= 0.6 is 11.8 Å². The molecular formula is C26H20N4O2S. The number of hydrogen-bond acceptors (Lipinski definition) is 5. The number of carbonyl (C=O) groups excluding carboxylic acids is 2. The van der Waals surface area contributed by atoms with Crippen LogP contribution in [-0.4, -0.2) is 33.3 Å². The van der Waals surface area contributed by atoms with Crippen LogP contribution in [0.5, 0.6) is 0 Å². The van der Waals surface area contributed by atoms with E-state index in [4.69, 9.17) is 0 Å². The van der Waals surface area contributed by atoms with Crippen LogP contribution < -0.4 is 5.32 Å². The predicted molar refractivity (Wildman–Crippen MR) is 134 cm³/mol. The monoisotopic (exact) mass is 452 g/mol. The zero-order chi connectivity index (χ0) is 22.6. The molecule has 4 aromatic rings. The number of amides is 1. The van der Waals surface area contributed by atoms with Gasteiger partial charge in [-0.2, -0.15) is 5.10 Å². The number of amidine groups is 1. The van der Waals surface area contributed by atoms with Gasteiger partial charge in [-0.05, 0) is 11.6 Å². The van der Waals surface area contributed by atoms with Crippen molar-refractivity contribution in [2.24, 2.45) is 10.2 Å². The Morgan fingerprint density at radius 2 is 1.64 bits per heavy atom. The Balaban J connectivity index is 1.36. The number of fused-ring (bicyclic) bond motifs is 1. The molecule has 1 saturated heterocycles. The molecule has 6 nitrogen and oxygen atoms in total. The van der Waals surface area contributed by atoms with Gasteiger partial charge in [-0.15, -0.1) is 5.10 Å². The average Bonchev–Trinajstić information content (AvgIpc) is 3.40. The number of thioether (sulfide) groups is 1. The number of rotatable bonds is 6. The number of hydrogen-bond donors (Lipinski definition) is 2. The number of aromatic nitrogens is 1. The first kappa shape index (κ1) is 20.9. The number of aromatic amines is 1. The third-order valence-corrected chi connectivity index (χ3v) is 6.46. The number of H-pyrrole nitrogens is 1. The molecule has 0 radical (unpaired) electrons. The Labute approximate surface area is 194 Å². The molecule has 2 N–H and O–H groups in total. The summed E-state index contributed by atoms with van der Waals surface area (Å²) in [4.78, 5) is 28.2. The van der Waals surface area contributed by atoms with Gasteiger partial charge in [0.05, 0.1) is 17.2 Å². The van der Waals surface area contributed by atoms with Crippen LogP contribution in [0.3, 0.4) is 0 Å². The van der Waals surface area contributed by atoms with E-state index in [-0.39, 0.29) is 18.1 Å². The Morgan fingerprint density at radius 3 is 2.42 bits per heavy atom. The second-order valence-corrected chi connectivity index (χ2v) is 8.76. The van der Waals surface area contributed by atoms with E-state index in [1.165, 1.54) is 11.8 Å². The average molecular weight is 453 g/mol. The second kappa shape index (κ2) is 9.26.